The van der Waals surface area contributed by atoms with Gasteiger partial charge in [-0.1, -0.05) is 0 Å². The molecule has 0 saturated carbocycles. The number of imidazole rings is 1. The van der Waals surface area contributed by atoms with Gasteiger partial charge in [-0.25, -0.2) is 9.50 Å². The van der Waals surface area contributed by atoms with Crippen LogP contribution in [0.1, 0.15) is 46.6 Å². The Morgan fingerprint density at radius 1 is 1.28 bits per heavy atom. The SMILES string of the molecule is Cc1cnc2ccc(N3CC[C@H](NC(=O)c4cc5c([nH]c4=O)CCCC5)C3)nn12. The Labute approximate surface area is 168 Å². The Hall–Kier alpha value is -3.16. The number of rotatable bonds is 3. The van der Waals surface area contributed by atoms with Gasteiger partial charge in [0.1, 0.15) is 11.4 Å². The van der Waals surface area contributed by atoms with E-state index in [4.69, 9.17) is 0 Å². The highest BCUT2D eigenvalue weighted by atomic mass is 16.2. The van der Waals surface area contributed by atoms with Crippen molar-refractivity contribution in [2.45, 2.75) is 45.1 Å². The summed E-state index contributed by atoms with van der Waals surface area (Å²) in [4.78, 5) is 34.5. The number of aryl methyl sites for hydroxylation is 3. The third-order valence-electron chi connectivity index (χ3n) is 5.95. The van der Waals surface area contributed by atoms with Crippen molar-refractivity contribution < 1.29 is 4.79 Å². The summed E-state index contributed by atoms with van der Waals surface area (Å²) in [6.45, 7) is 3.44. The maximum absolute atomic E-state index is 12.8. The van der Waals surface area contributed by atoms with E-state index in [0.29, 0.717) is 6.54 Å². The fourth-order valence-electron chi connectivity index (χ4n) is 4.34. The van der Waals surface area contributed by atoms with Crippen molar-refractivity contribution in [2.75, 3.05) is 18.0 Å². The molecule has 150 valence electrons. The van der Waals surface area contributed by atoms with E-state index in [0.717, 1.165) is 67.1 Å². The van der Waals surface area contributed by atoms with Crippen LogP contribution in [0.2, 0.25) is 0 Å². The summed E-state index contributed by atoms with van der Waals surface area (Å²) in [5.74, 6) is 0.572. The van der Waals surface area contributed by atoms with Crippen LogP contribution in [-0.4, -0.2) is 44.6 Å². The highest BCUT2D eigenvalue weighted by Gasteiger charge is 2.27. The predicted molar refractivity (Wildman–Crippen MR) is 110 cm³/mol. The molecule has 1 saturated heterocycles. The molecule has 0 bridgehead atoms. The monoisotopic (exact) mass is 392 g/mol. The molecule has 1 aliphatic carbocycles. The second kappa shape index (κ2) is 7.02. The molecule has 1 atom stereocenters. The van der Waals surface area contributed by atoms with Gasteiger partial charge in [-0.05, 0) is 62.8 Å². The van der Waals surface area contributed by atoms with Crippen molar-refractivity contribution in [2.24, 2.45) is 0 Å². The molecule has 8 nitrogen and oxygen atoms in total. The number of aromatic nitrogens is 4. The molecule has 4 heterocycles. The Morgan fingerprint density at radius 2 is 2.14 bits per heavy atom. The lowest BCUT2D eigenvalue weighted by Crippen LogP contribution is -2.39. The summed E-state index contributed by atoms with van der Waals surface area (Å²) < 4.78 is 1.83. The van der Waals surface area contributed by atoms with E-state index in [2.05, 4.69) is 25.3 Å². The average Bonchev–Trinajstić information content (AvgIpc) is 3.34. The summed E-state index contributed by atoms with van der Waals surface area (Å²) in [7, 11) is 0. The molecular weight excluding hydrogens is 368 g/mol. The van der Waals surface area contributed by atoms with Crippen molar-refractivity contribution in [3.8, 4) is 0 Å². The van der Waals surface area contributed by atoms with Gasteiger partial charge in [-0.2, -0.15) is 0 Å². The number of pyridine rings is 1. The van der Waals surface area contributed by atoms with Gasteiger partial charge in [0.25, 0.3) is 11.5 Å². The molecule has 8 heteroatoms. The smallest absolute Gasteiger partial charge is 0.261 e. The van der Waals surface area contributed by atoms with Crippen LogP contribution in [0.3, 0.4) is 0 Å². The number of aromatic amines is 1. The molecule has 5 rings (SSSR count). The first kappa shape index (κ1) is 17.9. The topological polar surface area (TPSA) is 95.4 Å². The van der Waals surface area contributed by atoms with Crippen molar-refractivity contribution in [1.82, 2.24) is 24.9 Å². The molecule has 0 unspecified atom stereocenters. The number of amides is 1. The highest BCUT2D eigenvalue weighted by molar-refractivity contribution is 5.94. The second-order valence-corrected chi connectivity index (χ2v) is 7.99. The Balaban J connectivity index is 1.30. The molecule has 3 aromatic rings. The molecule has 2 N–H and O–H groups in total. The minimum Gasteiger partial charge on any atom is -0.353 e. The molecule has 1 amide bonds. The van der Waals surface area contributed by atoms with E-state index in [-0.39, 0.29) is 23.1 Å². The normalized spacial score (nSPS) is 18.8. The van der Waals surface area contributed by atoms with Crippen molar-refractivity contribution in [3.63, 3.8) is 0 Å². The molecule has 2 aliphatic rings. The van der Waals surface area contributed by atoms with Gasteiger partial charge in [0.15, 0.2) is 5.65 Å². The largest absolute Gasteiger partial charge is 0.353 e. The quantitative estimate of drug-likeness (QED) is 0.706. The zero-order chi connectivity index (χ0) is 20.0. The lowest BCUT2D eigenvalue weighted by Gasteiger charge is -2.19. The minimum atomic E-state index is -0.291. The van der Waals surface area contributed by atoms with Gasteiger partial charge in [-0.3, -0.25) is 9.59 Å². The van der Waals surface area contributed by atoms with Crippen LogP contribution in [0.4, 0.5) is 5.82 Å². The molecule has 1 fully saturated rings. The third-order valence-corrected chi connectivity index (χ3v) is 5.95. The van der Waals surface area contributed by atoms with Crippen LogP contribution >= 0.6 is 0 Å². The van der Waals surface area contributed by atoms with Crippen LogP contribution < -0.4 is 15.8 Å². The van der Waals surface area contributed by atoms with E-state index in [1.807, 2.05) is 23.6 Å². The molecule has 3 aromatic heterocycles. The Bertz CT molecular complexity index is 1150. The van der Waals surface area contributed by atoms with E-state index in [9.17, 15) is 9.59 Å². The fourth-order valence-corrected chi connectivity index (χ4v) is 4.34. The van der Waals surface area contributed by atoms with Gasteiger partial charge in [0, 0.05) is 24.8 Å². The summed E-state index contributed by atoms with van der Waals surface area (Å²) in [6, 6.07) is 5.68. The van der Waals surface area contributed by atoms with E-state index >= 15 is 0 Å². The van der Waals surface area contributed by atoms with E-state index in [1.165, 1.54) is 0 Å². The summed E-state index contributed by atoms with van der Waals surface area (Å²) >= 11 is 0. The minimum absolute atomic E-state index is 0.0145. The van der Waals surface area contributed by atoms with Crippen LogP contribution in [0.15, 0.2) is 29.2 Å². The zero-order valence-electron chi connectivity index (χ0n) is 16.4. The number of carbonyl (C=O) groups excluding carboxylic acids is 1. The third kappa shape index (κ3) is 3.28. The molecule has 0 radical (unpaired) electrons. The summed E-state index contributed by atoms with van der Waals surface area (Å²) in [5.41, 5.74) is 3.82. The Kier molecular flexibility index (Phi) is 4.34. The standard InChI is InChI=1S/C21H24N6O2/c1-13-11-22-18-6-7-19(25-27(13)18)26-9-8-15(12-26)23-20(28)16-10-14-4-2-3-5-17(14)24-21(16)29/h6-7,10-11,15H,2-5,8-9,12H2,1H3,(H,23,28)(H,24,29)/t15-/m0/s1. The van der Waals surface area contributed by atoms with Crippen molar-refractivity contribution in [1.29, 1.82) is 0 Å². The summed E-state index contributed by atoms with van der Waals surface area (Å²) in [6.07, 6.45) is 6.62. The molecule has 0 spiro atoms. The molecular formula is C21H24N6O2. The lowest BCUT2D eigenvalue weighted by molar-refractivity contribution is 0.0938. The first-order chi connectivity index (χ1) is 14.1. The molecule has 29 heavy (non-hydrogen) atoms. The average molecular weight is 392 g/mol. The maximum Gasteiger partial charge on any atom is 0.261 e. The van der Waals surface area contributed by atoms with Crippen LogP contribution in [0.5, 0.6) is 0 Å². The van der Waals surface area contributed by atoms with E-state index < -0.39 is 0 Å². The van der Waals surface area contributed by atoms with Gasteiger partial charge < -0.3 is 15.2 Å². The van der Waals surface area contributed by atoms with Gasteiger partial charge in [0.05, 0.1) is 11.9 Å². The number of nitrogens with one attached hydrogen (secondary N) is 2. The highest BCUT2D eigenvalue weighted by Crippen LogP contribution is 2.21. The predicted octanol–water partition coefficient (Wildman–Crippen LogP) is 1.61. The first-order valence-electron chi connectivity index (χ1n) is 10.2. The van der Waals surface area contributed by atoms with Crippen LogP contribution in [0, 0.1) is 6.92 Å². The number of hydrogen-bond donors (Lipinski definition) is 2. The number of anilines is 1. The first-order valence-corrected chi connectivity index (χ1v) is 10.2. The number of hydrogen-bond acceptors (Lipinski definition) is 5. The van der Waals surface area contributed by atoms with Crippen molar-refractivity contribution >= 4 is 17.4 Å². The fraction of sp³-hybridized carbons (Fsp3) is 0.429. The molecule has 0 aromatic carbocycles. The maximum atomic E-state index is 12.8. The van der Waals surface area contributed by atoms with Crippen LogP contribution in [0.25, 0.3) is 5.65 Å². The Morgan fingerprint density at radius 3 is 3.03 bits per heavy atom. The van der Waals surface area contributed by atoms with Gasteiger partial charge >= 0.3 is 0 Å². The lowest BCUT2D eigenvalue weighted by atomic mass is 9.95. The van der Waals surface area contributed by atoms with Gasteiger partial charge in [-0.15, -0.1) is 5.10 Å². The van der Waals surface area contributed by atoms with Crippen molar-refractivity contribution in [3.05, 3.63) is 57.3 Å². The number of H-pyrrole nitrogens is 1. The van der Waals surface area contributed by atoms with E-state index in [1.54, 1.807) is 12.3 Å². The molecule has 1 aliphatic heterocycles. The zero-order valence-corrected chi connectivity index (χ0v) is 16.4. The van der Waals surface area contributed by atoms with Crippen LogP contribution in [-0.2, 0) is 12.8 Å². The second-order valence-electron chi connectivity index (χ2n) is 7.99. The number of fused-ring (bicyclic) bond motifs is 2. The number of nitrogens with zero attached hydrogens (tertiary/aromatic N) is 4. The number of carbonyl (C=O) groups is 1. The van der Waals surface area contributed by atoms with Gasteiger partial charge in [0.2, 0.25) is 0 Å². The summed E-state index contributed by atoms with van der Waals surface area (Å²) in [5, 5.41) is 7.70.